The molecule has 0 bridgehead atoms. The molecular weight excluding hydrogens is 645 g/mol. The van der Waals surface area contributed by atoms with Gasteiger partial charge < -0.3 is 4.42 Å². The Balaban J connectivity index is 1.04. The Morgan fingerprint density at radius 2 is 0.830 bits per heavy atom. The lowest BCUT2D eigenvalue weighted by Crippen LogP contribution is -1.96. The van der Waals surface area contributed by atoms with Crippen LogP contribution in [-0.4, -0.2) is 9.97 Å². The van der Waals surface area contributed by atoms with Crippen molar-refractivity contribution in [2.75, 3.05) is 0 Å². The Morgan fingerprint density at radius 1 is 0.302 bits per heavy atom. The summed E-state index contributed by atoms with van der Waals surface area (Å²) in [6.07, 6.45) is 0. The number of rotatable bonds is 4. The van der Waals surface area contributed by atoms with E-state index >= 15 is 0 Å². The molecule has 53 heavy (non-hydrogen) atoms. The lowest BCUT2D eigenvalue weighted by Gasteiger charge is -2.13. The molecule has 0 aliphatic heterocycles. The number of para-hydroxylation sites is 1. The van der Waals surface area contributed by atoms with Gasteiger partial charge in [-0.3, -0.25) is 0 Å². The predicted octanol–water partition coefficient (Wildman–Crippen LogP) is 13.7. The fourth-order valence-electron chi connectivity index (χ4n) is 8.18. The fraction of sp³-hybridized carbons (Fsp3) is 0. The van der Waals surface area contributed by atoms with Gasteiger partial charge in [0, 0.05) is 27.3 Å². The molecule has 0 radical (unpaired) electrons. The molecular formula is C50H30N2O. The molecule has 3 heteroatoms. The quantitative estimate of drug-likeness (QED) is 0.174. The van der Waals surface area contributed by atoms with Gasteiger partial charge in [-0.2, -0.15) is 0 Å². The van der Waals surface area contributed by atoms with Crippen LogP contribution in [0, 0.1) is 0 Å². The van der Waals surface area contributed by atoms with E-state index in [4.69, 9.17) is 14.4 Å². The monoisotopic (exact) mass is 674 g/mol. The van der Waals surface area contributed by atoms with Crippen molar-refractivity contribution in [2.24, 2.45) is 0 Å². The highest BCUT2D eigenvalue weighted by atomic mass is 16.3. The van der Waals surface area contributed by atoms with Gasteiger partial charge in [0.1, 0.15) is 11.2 Å². The first-order valence-electron chi connectivity index (χ1n) is 18.0. The molecule has 11 aromatic rings. The van der Waals surface area contributed by atoms with E-state index in [1.165, 1.54) is 43.4 Å². The summed E-state index contributed by atoms with van der Waals surface area (Å²) < 4.78 is 6.27. The van der Waals surface area contributed by atoms with Crippen molar-refractivity contribution in [2.45, 2.75) is 0 Å². The third-order valence-electron chi connectivity index (χ3n) is 10.6. The summed E-state index contributed by atoms with van der Waals surface area (Å²) in [5.41, 5.74) is 10.1. The molecule has 0 aliphatic carbocycles. The van der Waals surface area contributed by atoms with Crippen LogP contribution in [0.4, 0.5) is 0 Å². The van der Waals surface area contributed by atoms with Crippen LogP contribution in [0.3, 0.4) is 0 Å². The number of fused-ring (bicyclic) bond motifs is 11. The normalized spacial score (nSPS) is 11.8. The number of hydrogen-bond donors (Lipinski definition) is 0. The molecule has 246 valence electrons. The van der Waals surface area contributed by atoms with Crippen LogP contribution in [-0.2, 0) is 0 Å². The molecule has 3 nitrogen and oxygen atoms in total. The van der Waals surface area contributed by atoms with Crippen molar-refractivity contribution in [1.82, 2.24) is 9.97 Å². The summed E-state index contributed by atoms with van der Waals surface area (Å²) in [4.78, 5) is 10.5. The minimum Gasteiger partial charge on any atom is -0.456 e. The third kappa shape index (κ3) is 4.75. The highest BCUT2D eigenvalue weighted by Crippen LogP contribution is 2.41. The van der Waals surface area contributed by atoms with Gasteiger partial charge in [0.2, 0.25) is 0 Å². The average Bonchev–Trinajstić information content (AvgIpc) is 3.63. The molecule has 9 aromatic carbocycles. The maximum atomic E-state index is 6.27. The standard InChI is InChI=1S/C50H30N2O/c1-2-12-31(13-3-1)49-48-44(26-27-46-47(48)42-22-8-9-23-45(42)53-46)51-50(52-49)36-17-11-16-34(29-36)32-14-10-15-33(28-32)35-24-25-41-39-20-5-4-18-37(39)38-19-6-7-21-40(38)43(41)30-35/h1-30H. The number of hydrogen-bond acceptors (Lipinski definition) is 3. The van der Waals surface area contributed by atoms with Crippen LogP contribution < -0.4 is 0 Å². The molecule has 0 saturated carbocycles. The topological polar surface area (TPSA) is 38.9 Å². The molecule has 0 aliphatic rings. The van der Waals surface area contributed by atoms with Crippen LogP contribution in [0.1, 0.15) is 0 Å². The molecule has 2 heterocycles. The van der Waals surface area contributed by atoms with Gasteiger partial charge in [-0.05, 0) is 91.0 Å². The molecule has 0 atom stereocenters. The van der Waals surface area contributed by atoms with Crippen LogP contribution in [0.15, 0.2) is 186 Å². The predicted molar refractivity (Wildman–Crippen MR) is 221 cm³/mol. The first-order chi connectivity index (χ1) is 26.3. The Labute approximate surface area is 305 Å². The fourth-order valence-corrected chi connectivity index (χ4v) is 8.18. The second-order valence-electron chi connectivity index (χ2n) is 13.7. The first-order valence-corrected chi connectivity index (χ1v) is 18.0. The van der Waals surface area contributed by atoms with Gasteiger partial charge in [-0.25, -0.2) is 9.97 Å². The van der Waals surface area contributed by atoms with Crippen molar-refractivity contribution >= 4 is 65.2 Å². The summed E-state index contributed by atoms with van der Waals surface area (Å²) in [5, 5.41) is 10.8. The van der Waals surface area contributed by atoms with E-state index < -0.39 is 0 Å². The van der Waals surface area contributed by atoms with Gasteiger partial charge in [-0.15, -0.1) is 0 Å². The molecule has 0 amide bonds. The van der Waals surface area contributed by atoms with E-state index in [1.54, 1.807) is 0 Å². The molecule has 0 unspecified atom stereocenters. The smallest absolute Gasteiger partial charge is 0.160 e. The lowest BCUT2D eigenvalue weighted by atomic mass is 9.91. The minimum atomic E-state index is 0.690. The van der Waals surface area contributed by atoms with Crippen molar-refractivity contribution < 1.29 is 4.42 Å². The van der Waals surface area contributed by atoms with Crippen LogP contribution >= 0.6 is 0 Å². The van der Waals surface area contributed by atoms with Gasteiger partial charge in [0.05, 0.1) is 11.2 Å². The van der Waals surface area contributed by atoms with E-state index in [0.29, 0.717) is 5.82 Å². The van der Waals surface area contributed by atoms with Gasteiger partial charge in [-0.1, -0.05) is 146 Å². The summed E-state index contributed by atoms with van der Waals surface area (Å²) in [6.45, 7) is 0. The summed E-state index contributed by atoms with van der Waals surface area (Å²) >= 11 is 0. The average molecular weight is 675 g/mol. The van der Waals surface area contributed by atoms with E-state index in [-0.39, 0.29) is 0 Å². The summed E-state index contributed by atoms with van der Waals surface area (Å²) in [7, 11) is 0. The Hall–Kier alpha value is -7.10. The zero-order valence-corrected chi connectivity index (χ0v) is 28.6. The van der Waals surface area contributed by atoms with Crippen molar-refractivity contribution in [3.63, 3.8) is 0 Å². The van der Waals surface area contributed by atoms with Crippen LogP contribution in [0.2, 0.25) is 0 Å². The van der Waals surface area contributed by atoms with Crippen molar-refractivity contribution in [1.29, 1.82) is 0 Å². The third-order valence-corrected chi connectivity index (χ3v) is 10.6. The Morgan fingerprint density at radius 3 is 1.53 bits per heavy atom. The maximum absolute atomic E-state index is 6.27. The number of benzene rings is 9. The Kier molecular flexibility index (Phi) is 6.55. The van der Waals surface area contributed by atoms with Crippen molar-refractivity contribution in [3.05, 3.63) is 182 Å². The van der Waals surface area contributed by atoms with E-state index in [1.807, 2.05) is 24.3 Å². The van der Waals surface area contributed by atoms with Gasteiger partial charge >= 0.3 is 0 Å². The highest BCUT2D eigenvalue weighted by molar-refractivity contribution is 6.26. The molecule has 0 fully saturated rings. The number of furan rings is 1. The zero-order valence-electron chi connectivity index (χ0n) is 28.6. The Bertz CT molecular complexity index is 3200. The SMILES string of the molecule is c1ccc(-c2nc(-c3cccc(-c4cccc(-c5ccc6c7ccccc7c7ccccc7c6c5)c4)c3)nc3ccc4oc5ccccc5c4c23)cc1. The number of aromatic nitrogens is 2. The van der Waals surface area contributed by atoms with E-state index in [2.05, 4.69) is 158 Å². The number of nitrogens with zero attached hydrogens (tertiary/aromatic N) is 2. The van der Waals surface area contributed by atoms with Gasteiger partial charge in [0.25, 0.3) is 0 Å². The van der Waals surface area contributed by atoms with Crippen LogP contribution in [0.5, 0.6) is 0 Å². The first kappa shape index (κ1) is 29.6. The summed E-state index contributed by atoms with van der Waals surface area (Å²) in [5.74, 6) is 0.690. The maximum Gasteiger partial charge on any atom is 0.160 e. The highest BCUT2D eigenvalue weighted by Gasteiger charge is 2.19. The largest absolute Gasteiger partial charge is 0.456 e. The summed E-state index contributed by atoms with van der Waals surface area (Å²) in [6, 6.07) is 64.5. The zero-order chi connectivity index (χ0) is 34.9. The molecule has 0 spiro atoms. The van der Waals surface area contributed by atoms with Crippen LogP contribution in [0.25, 0.3) is 110 Å². The minimum absolute atomic E-state index is 0.690. The van der Waals surface area contributed by atoms with E-state index in [0.717, 1.165) is 60.8 Å². The lowest BCUT2D eigenvalue weighted by molar-refractivity contribution is 0.669. The van der Waals surface area contributed by atoms with Crippen molar-refractivity contribution in [3.8, 4) is 44.9 Å². The van der Waals surface area contributed by atoms with E-state index in [9.17, 15) is 0 Å². The molecule has 0 N–H and O–H groups in total. The van der Waals surface area contributed by atoms with Gasteiger partial charge in [0.15, 0.2) is 5.82 Å². The molecule has 0 saturated heterocycles. The molecule has 11 rings (SSSR count). The second-order valence-corrected chi connectivity index (χ2v) is 13.7. The second kappa shape index (κ2) is 11.7. The molecule has 2 aromatic heterocycles.